The van der Waals surface area contributed by atoms with E-state index in [4.69, 9.17) is 20.7 Å². The van der Waals surface area contributed by atoms with Crippen molar-refractivity contribution in [3.8, 4) is 0 Å². The number of carbonyl (C=O) groups excluding carboxylic acids is 1. The summed E-state index contributed by atoms with van der Waals surface area (Å²) >= 11 is 1.01. The van der Waals surface area contributed by atoms with Crippen LogP contribution in [-0.2, 0) is 32.1 Å². The molecule has 0 saturated heterocycles. The Labute approximate surface area is 175 Å². The Morgan fingerprint density at radius 1 is 1.27 bits per heavy atom. The van der Waals surface area contributed by atoms with Crippen molar-refractivity contribution in [3.05, 3.63) is 37.8 Å². The number of ether oxygens (including phenoxy) is 1. The summed E-state index contributed by atoms with van der Waals surface area (Å²) in [5.41, 5.74) is 7.18. The molecule has 2 heterocycles. The smallest absolute Gasteiger partial charge is 0.307 e. The fraction of sp³-hybridized carbons (Fsp3) is 0.444. The zero-order valence-corrected chi connectivity index (χ0v) is 17.3. The van der Waals surface area contributed by atoms with Crippen LogP contribution in [-0.4, -0.2) is 49.3 Å². The van der Waals surface area contributed by atoms with Gasteiger partial charge in [-0.2, -0.15) is 0 Å². The van der Waals surface area contributed by atoms with Gasteiger partial charge in [0.05, 0.1) is 31.9 Å². The summed E-state index contributed by atoms with van der Waals surface area (Å²) in [5, 5.41) is 17.7. The summed E-state index contributed by atoms with van der Waals surface area (Å²) in [5.74, 6) is -4.02. The second-order valence-corrected chi connectivity index (χ2v) is 7.64. The number of aliphatic carboxylic acids is 2. The normalized spacial score (nSPS) is 11.8. The highest BCUT2D eigenvalue weighted by Gasteiger charge is 2.25. The molecule has 1 unspecified atom stereocenters. The minimum Gasteiger partial charge on any atom is -0.481 e. The quantitative estimate of drug-likeness (QED) is 0.445. The maximum absolute atomic E-state index is 12.3. The van der Waals surface area contributed by atoms with E-state index in [-0.39, 0.29) is 24.4 Å². The fourth-order valence-electron chi connectivity index (χ4n) is 2.72. The Kier molecular flexibility index (Phi) is 7.64. The summed E-state index contributed by atoms with van der Waals surface area (Å²) in [6.45, 7) is 3.62. The molecule has 2 aromatic heterocycles. The number of nitrogens with two attached hydrogens (primary N) is 1. The number of carboxylic acid groups (broad SMARTS) is 2. The molecule has 0 aliphatic rings. The predicted molar refractivity (Wildman–Crippen MR) is 106 cm³/mol. The van der Waals surface area contributed by atoms with Crippen molar-refractivity contribution in [1.29, 1.82) is 0 Å². The number of nitrogens with zero attached hydrogens (tertiary/aromatic N) is 3. The molecule has 0 aromatic carbocycles. The standard InChI is InChI=1S/C18H22N4O7S/c1-9-13(3-4-29-15(25)6-11(17(26)27)5-14(23)24)30-18(28)22(9)8-12-7-20-10(2)21-16(12)19/h7,11H,3-6,8H2,1-2H3,(H,23,24)(H,26,27)(H2,19,20,21). The first-order valence-corrected chi connectivity index (χ1v) is 9.77. The average Bonchev–Trinajstić information content (AvgIpc) is 2.90. The van der Waals surface area contributed by atoms with Gasteiger partial charge in [-0.1, -0.05) is 11.3 Å². The van der Waals surface area contributed by atoms with E-state index in [0.717, 1.165) is 11.3 Å². The molecule has 0 aliphatic heterocycles. The zero-order valence-electron chi connectivity index (χ0n) is 16.5. The van der Waals surface area contributed by atoms with Gasteiger partial charge in [-0.25, -0.2) is 9.97 Å². The SMILES string of the molecule is Cc1ncc(Cn2c(C)c(CCOC(=O)CC(CC(=O)O)C(=O)O)sc2=O)c(N)n1. The van der Waals surface area contributed by atoms with Gasteiger partial charge < -0.3 is 20.7 Å². The molecule has 0 aliphatic carbocycles. The number of carbonyl (C=O) groups is 3. The van der Waals surface area contributed by atoms with Gasteiger partial charge in [0.2, 0.25) is 0 Å². The van der Waals surface area contributed by atoms with Crippen LogP contribution in [0.2, 0.25) is 0 Å². The van der Waals surface area contributed by atoms with Gasteiger partial charge in [0.15, 0.2) is 0 Å². The summed E-state index contributed by atoms with van der Waals surface area (Å²) < 4.78 is 6.55. The molecular weight excluding hydrogens is 416 g/mol. The van der Waals surface area contributed by atoms with E-state index < -0.39 is 36.7 Å². The van der Waals surface area contributed by atoms with Crippen LogP contribution in [0, 0.1) is 19.8 Å². The molecule has 0 saturated carbocycles. The maximum atomic E-state index is 12.3. The lowest BCUT2D eigenvalue weighted by Gasteiger charge is -2.10. The number of hydrogen-bond donors (Lipinski definition) is 3. The highest BCUT2D eigenvalue weighted by atomic mass is 32.1. The Morgan fingerprint density at radius 2 is 1.97 bits per heavy atom. The molecule has 0 amide bonds. The first kappa shape index (κ1) is 23.0. The lowest BCUT2D eigenvalue weighted by Crippen LogP contribution is -2.22. The van der Waals surface area contributed by atoms with E-state index in [9.17, 15) is 19.2 Å². The van der Waals surface area contributed by atoms with Gasteiger partial charge in [-0.15, -0.1) is 0 Å². The molecule has 2 aromatic rings. The molecule has 0 spiro atoms. The first-order valence-electron chi connectivity index (χ1n) is 8.95. The molecule has 0 radical (unpaired) electrons. The van der Waals surface area contributed by atoms with Gasteiger partial charge >= 0.3 is 22.8 Å². The van der Waals surface area contributed by atoms with Crippen molar-refractivity contribution in [1.82, 2.24) is 14.5 Å². The third-order valence-corrected chi connectivity index (χ3v) is 5.50. The van der Waals surface area contributed by atoms with Crippen molar-refractivity contribution < 1.29 is 29.3 Å². The summed E-state index contributed by atoms with van der Waals surface area (Å²) in [4.78, 5) is 54.5. The van der Waals surface area contributed by atoms with Crippen LogP contribution in [0.25, 0.3) is 0 Å². The molecule has 12 heteroatoms. The average molecular weight is 438 g/mol. The van der Waals surface area contributed by atoms with Crippen LogP contribution in [0.1, 0.15) is 34.8 Å². The van der Waals surface area contributed by atoms with Crippen LogP contribution in [0.15, 0.2) is 11.0 Å². The Hall–Kier alpha value is -3.28. The minimum absolute atomic E-state index is 0.0607. The van der Waals surface area contributed by atoms with E-state index >= 15 is 0 Å². The van der Waals surface area contributed by atoms with Crippen LogP contribution in [0.4, 0.5) is 5.82 Å². The number of esters is 1. The zero-order chi connectivity index (χ0) is 22.4. The number of thiazole rings is 1. The number of rotatable bonds is 10. The molecule has 4 N–H and O–H groups in total. The van der Waals surface area contributed by atoms with Crippen LogP contribution < -0.4 is 10.6 Å². The lowest BCUT2D eigenvalue weighted by molar-refractivity contribution is -0.154. The number of hydrogen-bond acceptors (Lipinski definition) is 9. The fourth-order valence-corrected chi connectivity index (χ4v) is 3.68. The van der Waals surface area contributed by atoms with Crippen LogP contribution in [0.3, 0.4) is 0 Å². The highest BCUT2D eigenvalue weighted by Crippen LogP contribution is 2.17. The topological polar surface area (TPSA) is 175 Å². The molecule has 162 valence electrons. The Morgan fingerprint density at radius 3 is 2.57 bits per heavy atom. The van der Waals surface area contributed by atoms with Gasteiger partial charge in [-0.3, -0.25) is 23.7 Å². The van der Waals surface area contributed by atoms with E-state index in [1.54, 1.807) is 20.0 Å². The molecule has 30 heavy (non-hydrogen) atoms. The molecular formula is C18H22N4O7S. The second-order valence-electron chi connectivity index (χ2n) is 6.60. The Balaban J connectivity index is 1.97. The summed E-state index contributed by atoms with van der Waals surface area (Å²) in [6.07, 6.45) is 0.629. The number of nitrogen functional groups attached to an aromatic ring is 1. The molecule has 2 rings (SSSR count). The van der Waals surface area contributed by atoms with Crippen molar-refractivity contribution >= 4 is 35.1 Å². The number of aromatic nitrogens is 3. The number of anilines is 1. The van der Waals surface area contributed by atoms with E-state index in [0.29, 0.717) is 27.8 Å². The van der Waals surface area contributed by atoms with E-state index in [1.165, 1.54) is 4.57 Å². The number of aryl methyl sites for hydroxylation is 1. The largest absolute Gasteiger partial charge is 0.481 e. The van der Waals surface area contributed by atoms with Crippen molar-refractivity contribution in [2.75, 3.05) is 12.3 Å². The monoisotopic (exact) mass is 438 g/mol. The number of carboxylic acids is 2. The third kappa shape index (κ3) is 6.11. The first-order chi connectivity index (χ1) is 14.1. The summed E-state index contributed by atoms with van der Waals surface area (Å²) in [7, 11) is 0. The maximum Gasteiger partial charge on any atom is 0.307 e. The highest BCUT2D eigenvalue weighted by molar-refractivity contribution is 7.09. The van der Waals surface area contributed by atoms with Crippen molar-refractivity contribution in [3.63, 3.8) is 0 Å². The Bertz CT molecular complexity index is 1010. The molecule has 0 bridgehead atoms. The van der Waals surface area contributed by atoms with E-state index in [2.05, 4.69) is 9.97 Å². The molecule has 1 atom stereocenters. The van der Waals surface area contributed by atoms with Gasteiger partial charge in [-0.05, 0) is 13.8 Å². The predicted octanol–water partition coefficient (Wildman–Crippen LogP) is 0.598. The molecule has 0 fully saturated rings. The van der Waals surface area contributed by atoms with Crippen molar-refractivity contribution in [2.24, 2.45) is 5.92 Å². The van der Waals surface area contributed by atoms with Gasteiger partial charge in [0.1, 0.15) is 11.6 Å². The van der Waals surface area contributed by atoms with Crippen LogP contribution in [0.5, 0.6) is 0 Å². The minimum atomic E-state index is -1.38. The second kappa shape index (κ2) is 9.96. The van der Waals surface area contributed by atoms with Gasteiger partial charge in [0.25, 0.3) is 0 Å². The summed E-state index contributed by atoms with van der Waals surface area (Å²) in [6, 6.07) is 0. The van der Waals surface area contributed by atoms with Crippen molar-refractivity contribution in [2.45, 2.75) is 39.7 Å². The van der Waals surface area contributed by atoms with Gasteiger partial charge in [0, 0.05) is 28.8 Å². The van der Waals surface area contributed by atoms with E-state index in [1.807, 2.05) is 0 Å². The van der Waals surface area contributed by atoms with Crippen LogP contribution >= 0.6 is 11.3 Å². The third-order valence-electron chi connectivity index (χ3n) is 4.36. The molecule has 11 nitrogen and oxygen atoms in total. The lowest BCUT2D eigenvalue weighted by atomic mass is 10.0.